The van der Waals surface area contributed by atoms with Gasteiger partial charge in [0, 0.05) is 24.3 Å². The molecule has 16 heavy (non-hydrogen) atoms. The lowest BCUT2D eigenvalue weighted by molar-refractivity contribution is 0.117. The van der Waals surface area contributed by atoms with E-state index in [1.807, 2.05) is 6.07 Å². The molecule has 0 aliphatic rings. The summed E-state index contributed by atoms with van der Waals surface area (Å²) in [6.07, 6.45) is 0.826. The van der Waals surface area contributed by atoms with Crippen LogP contribution >= 0.6 is 0 Å². The zero-order chi connectivity index (χ0) is 11.5. The highest BCUT2D eigenvalue weighted by Crippen LogP contribution is 2.28. The Balaban J connectivity index is 2.59. The average Bonchev–Trinajstić information content (AvgIpc) is 2.30. The van der Waals surface area contributed by atoms with Gasteiger partial charge in [-0.25, -0.2) is 8.78 Å². The second-order valence-electron chi connectivity index (χ2n) is 3.62. The second kappa shape index (κ2) is 4.53. The molecule has 0 aliphatic carbocycles. The Hall–Kier alpha value is -1.55. The van der Waals surface area contributed by atoms with Gasteiger partial charge in [0.2, 0.25) is 6.43 Å². The number of nitrogens with two attached hydrogens (primary N) is 1. The van der Waals surface area contributed by atoms with Crippen molar-refractivity contribution in [1.82, 2.24) is 4.98 Å². The molecule has 1 aromatic heterocycles. The summed E-state index contributed by atoms with van der Waals surface area (Å²) < 4.78 is 25.6. The van der Waals surface area contributed by atoms with Gasteiger partial charge in [-0.15, -0.1) is 0 Å². The molecule has 4 heteroatoms. The SMILES string of the molecule is NCC(c1cccc2cnccc12)C(F)F. The summed E-state index contributed by atoms with van der Waals surface area (Å²) >= 11 is 0. The molecule has 2 nitrogen and oxygen atoms in total. The number of halogens is 2. The van der Waals surface area contributed by atoms with Crippen LogP contribution in [0.5, 0.6) is 0 Å². The zero-order valence-corrected chi connectivity index (χ0v) is 8.61. The lowest BCUT2D eigenvalue weighted by Crippen LogP contribution is -2.19. The van der Waals surface area contributed by atoms with Crippen LogP contribution in [0.1, 0.15) is 11.5 Å². The highest BCUT2D eigenvalue weighted by atomic mass is 19.3. The van der Waals surface area contributed by atoms with Gasteiger partial charge in [-0.05, 0) is 17.0 Å². The molecule has 0 radical (unpaired) electrons. The fraction of sp³-hybridized carbons (Fsp3) is 0.250. The maximum atomic E-state index is 12.8. The maximum Gasteiger partial charge on any atom is 0.246 e. The van der Waals surface area contributed by atoms with Gasteiger partial charge in [0.25, 0.3) is 0 Å². The first kappa shape index (κ1) is 11.0. The van der Waals surface area contributed by atoms with Crippen LogP contribution in [0.15, 0.2) is 36.7 Å². The van der Waals surface area contributed by atoms with E-state index in [4.69, 9.17) is 5.73 Å². The minimum atomic E-state index is -2.44. The van der Waals surface area contributed by atoms with Gasteiger partial charge < -0.3 is 5.73 Å². The third-order valence-corrected chi connectivity index (χ3v) is 2.67. The van der Waals surface area contributed by atoms with E-state index < -0.39 is 12.3 Å². The molecular formula is C12H12F2N2. The number of benzene rings is 1. The lowest BCUT2D eigenvalue weighted by Gasteiger charge is -2.16. The van der Waals surface area contributed by atoms with Gasteiger partial charge in [-0.3, -0.25) is 4.98 Å². The van der Waals surface area contributed by atoms with Gasteiger partial charge in [0.1, 0.15) is 0 Å². The minimum Gasteiger partial charge on any atom is -0.330 e. The van der Waals surface area contributed by atoms with E-state index in [9.17, 15) is 8.78 Å². The monoisotopic (exact) mass is 222 g/mol. The van der Waals surface area contributed by atoms with Crippen molar-refractivity contribution in [2.45, 2.75) is 12.3 Å². The quantitative estimate of drug-likeness (QED) is 0.866. The summed E-state index contributed by atoms with van der Waals surface area (Å²) in [5.41, 5.74) is 6.00. The fourth-order valence-electron chi connectivity index (χ4n) is 1.84. The summed E-state index contributed by atoms with van der Waals surface area (Å²) in [4.78, 5) is 3.97. The fourth-order valence-corrected chi connectivity index (χ4v) is 1.84. The molecular weight excluding hydrogens is 210 g/mol. The number of aromatic nitrogens is 1. The first-order valence-corrected chi connectivity index (χ1v) is 5.05. The molecule has 0 aliphatic heterocycles. The van der Waals surface area contributed by atoms with Crippen LogP contribution in [0.2, 0.25) is 0 Å². The molecule has 1 aromatic carbocycles. The number of rotatable bonds is 3. The molecule has 0 saturated heterocycles. The Morgan fingerprint density at radius 3 is 2.75 bits per heavy atom. The Morgan fingerprint density at radius 2 is 2.06 bits per heavy atom. The predicted octanol–water partition coefficient (Wildman–Crippen LogP) is 2.54. The molecule has 1 atom stereocenters. The summed E-state index contributed by atoms with van der Waals surface area (Å²) in [7, 11) is 0. The third-order valence-electron chi connectivity index (χ3n) is 2.67. The van der Waals surface area contributed by atoms with E-state index in [0.29, 0.717) is 5.56 Å². The van der Waals surface area contributed by atoms with Crippen molar-refractivity contribution in [2.75, 3.05) is 6.54 Å². The largest absolute Gasteiger partial charge is 0.330 e. The van der Waals surface area contributed by atoms with E-state index in [1.54, 1.807) is 30.6 Å². The number of hydrogen-bond donors (Lipinski definition) is 1. The number of pyridine rings is 1. The van der Waals surface area contributed by atoms with Crippen molar-refractivity contribution in [3.05, 3.63) is 42.2 Å². The van der Waals surface area contributed by atoms with E-state index in [2.05, 4.69) is 4.98 Å². The number of hydrogen-bond acceptors (Lipinski definition) is 2. The average molecular weight is 222 g/mol. The van der Waals surface area contributed by atoms with Crippen LogP contribution in [0.4, 0.5) is 8.78 Å². The minimum absolute atomic E-state index is 0.0564. The molecule has 0 amide bonds. The molecule has 0 bridgehead atoms. The van der Waals surface area contributed by atoms with Crippen LogP contribution in [0.25, 0.3) is 10.8 Å². The van der Waals surface area contributed by atoms with Crippen molar-refractivity contribution >= 4 is 10.8 Å². The normalized spacial score (nSPS) is 13.2. The molecule has 0 spiro atoms. The molecule has 2 aromatic rings. The van der Waals surface area contributed by atoms with Crippen LogP contribution in [0.3, 0.4) is 0 Å². The molecule has 2 N–H and O–H groups in total. The second-order valence-corrected chi connectivity index (χ2v) is 3.62. The van der Waals surface area contributed by atoms with Gasteiger partial charge >= 0.3 is 0 Å². The van der Waals surface area contributed by atoms with E-state index in [0.717, 1.165) is 10.8 Å². The summed E-state index contributed by atoms with van der Waals surface area (Å²) in [5.74, 6) is -0.911. The van der Waals surface area contributed by atoms with Crippen molar-refractivity contribution < 1.29 is 8.78 Å². The predicted molar refractivity (Wildman–Crippen MR) is 59.5 cm³/mol. The molecule has 2 rings (SSSR count). The van der Waals surface area contributed by atoms with Gasteiger partial charge in [0.05, 0.1) is 5.92 Å². The van der Waals surface area contributed by atoms with Crippen LogP contribution < -0.4 is 5.73 Å². The Labute approximate surface area is 92.1 Å². The van der Waals surface area contributed by atoms with Gasteiger partial charge in [-0.2, -0.15) is 0 Å². The molecule has 0 fully saturated rings. The number of fused-ring (bicyclic) bond motifs is 1. The van der Waals surface area contributed by atoms with Crippen molar-refractivity contribution in [3.63, 3.8) is 0 Å². The standard InChI is InChI=1S/C12H12F2N2/c13-12(14)11(6-15)10-3-1-2-8-7-16-5-4-9(8)10/h1-5,7,11-12H,6,15H2. The summed E-state index contributed by atoms with van der Waals surface area (Å²) in [6, 6.07) is 7.05. The number of nitrogens with zero attached hydrogens (tertiary/aromatic N) is 1. The Bertz CT molecular complexity index is 480. The topological polar surface area (TPSA) is 38.9 Å². The summed E-state index contributed by atoms with van der Waals surface area (Å²) in [5, 5.41) is 1.66. The first-order chi connectivity index (χ1) is 7.74. The zero-order valence-electron chi connectivity index (χ0n) is 8.61. The van der Waals surface area contributed by atoms with E-state index >= 15 is 0 Å². The van der Waals surface area contributed by atoms with Crippen LogP contribution in [0, 0.1) is 0 Å². The lowest BCUT2D eigenvalue weighted by atomic mass is 9.94. The van der Waals surface area contributed by atoms with Crippen LogP contribution in [-0.2, 0) is 0 Å². The number of alkyl halides is 2. The first-order valence-electron chi connectivity index (χ1n) is 5.05. The highest BCUT2D eigenvalue weighted by Gasteiger charge is 2.22. The van der Waals surface area contributed by atoms with Gasteiger partial charge in [-0.1, -0.05) is 18.2 Å². The molecule has 84 valence electrons. The van der Waals surface area contributed by atoms with Crippen LogP contribution in [-0.4, -0.2) is 18.0 Å². The van der Waals surface area contributed by atoms with Crippen molar-refractivity contribution in [2.24, 2.45) is 5.73 Å². The molecule has 1 unspecified atom stereocenters. The maximum absolute atomic E-state index is 12.8. The van der Waals surface area contributed by atoms with Crippen molar-refractivity contribution in [1.29, 1.82) is 0 Å². The van der Waals surface area contributed by atoms with E-state index in [-0.39, 0.29) is 6.54 Å². The van der Waals surface area contributed by atoms with Gasteiger partial charge in [0.15, 0.2) is 0 Å². The van der Waals surface area contributed by atoms with E-state index in [1.165, 1.54) is 0 Å². The smallest absolute Gasteiger partial charge is 0.246 e. The highest BCUT2D eigenvalue weighted by molar-refractivity contribution is 5.85. The summed E-state index contributed by atoms with van der Waals surface area (Å²) in [6.45, 7) is -0.0564. The third kappa shape index (κ3) is 1.88. The van der Waals surface area contributed by atoms with Crippen molar-refractivity contribution in [3.8, 4) is 0 Å². The molecule has 0 saturated carbocycles. The Morgan fingerprint density at radius 1 is 1.25 bits per heavy atom. The molecule has 1 heterocycles. The Kier molecular flexibility index (Phi) is 3.10.